The van der Waals surface area contributed by atoms with Crippen LogP contribution in [0.3, 0.4) is 0 Å². The second-order valence-corrected chi connectivity index (χ2v) is 8.50. The maximum atomic E-state index is 15.2. The Kier molecular flexibility index (Phi) is 4.62. The Labute approximate surface area is 175 Å². The minimum Gasteiger partial charge on any atom is -0.380 e. The van der Waals surface area contributed by atoms with Crippen LogP contribution in [0.5, 0.6) is 0 Å². The number of amides is 1. The van der Waals surface area contributed by atoms with Crippen molar-refractivity contribution in [1.29, 1.82) is 5.26 Å². The van der Waals surface area contributed by atoms with E-state index in [0.717, 1.165) is 15.0 Å². The smallest absolute Gasteiger partial charge is 0.254 e. The molecule has 3 aromatic rings. The molecule has 2 aliphatic heterocycles. The van der Waals surface area contributed by atoms with Gasteiger partial charge in [-0.25, -0.2) is 9.37 Å². The van der Waals surface area contributed by atoms with Crippen LogP contribution in [0.15, 0.2) is 24.3 Å². The lowest BCUT2D eigenvalue weighted by Crippen LogP contribution is -2.48. The van der Waals surface area contributed by atoms with Crippen molar-refractivity contribution in [2.24, 2.45) is 5.73 Å². The van der Waals surface area contributed by atoms with E-state index in [1.54, 1.807) is 12.1 Å². The normalized spacial score (nSPS) is 20.6. The van der Waals surface area contributed by atoms with Crippen molar-refractivity contribution in [1.82, 2.24) is 10.3 Å². The summed E-state index contributed by atoms with van der Waals surface area (Å²) in [5.74, 6) is -0.771. The number of nitrogens with zero attached hydrogens (tertiary/aromatic N) is 2. The van der Waals surface area contributed by atoms with Crippen molar-refractivity contribution in [3.63, 3.8) is 0 Å². The predicted octanol–water partition coefficient (Wildman–Crippen LogP) is 2.75. The van der Waals surface area contributed by atoms with Crippen molar-refractivity contribution in [2.75, 3.05) is 18.5 Å². The number of thiophene rings is 1. The lowest BCUT2D eigenvalue weighted by Gasteiger charge is -2.30. The third-order valence-corrected chi connectivity index (χ3v) is 6.61. The molecule has 7 nitrogen and oxygen atoms in total. The van der Waals surface area contributed by atoms with Crippen LogP contribution < -0.4 is 16.4 Å². The molecule has 0 saturated carbocycles. The first-order valence-electron chi connectivity index (χ1n) is 9.59. The van der Waals surface area contributed by atoms with E-state index in [2.05, 4.69) is 21.7 Å². The maximum Gasteiger partial charge on any atom is 0.254 e. The largest absolute Gasteiger partial charge is 0.380 e. The highest BCUT2D eigenvalue weighted by Gasteiger charge is 2.32. The van der Waals surface area contributed by atoms with Crippen molar-refractivity contribution in [3.8, 4) is 16.6 Å². The van der Waals surface area contributed by atoms with Crippen LogP contribution in [0.2, 0.25) is 0 Å². The van der Waals surface area contributed by atoms with Gasteiger partial charge in [0.15, 0.2) is 11.6 Å². The van der Waals surface area contributed by atoms with Gasteiger partial charge in [-0.05, 0) is 36.1 Å². The number of ether oxygens (including phenoxy) is 1. The van der Waals surface area contributed by atoms with E-state index in [1.807, 2.05) is 12.1 Å². The SMILES string of the molecule is N#Cc1ccc2sc(-c3nc(N[C@@H]4CCOC[C@@H]4N)c(F)c4c3C(=O)NC4)cc2c1. The standard InChI is InChI=1S/C21H18FN5O2S/c22-18-12-8-25-21(28)17(12)19(27-20(18)26-14-3-4-29-9-13(14)24)16-6-11-5-10(7-23)1-2-15(11)30-16/h1-2,5-6,13-14H,3-4,8-9,24H2,(H,25,28)(H,26,27)/t13-,14+/m0/s1. The number of nitriles is 1. The summed E-state index contributed by atoms with van der Waals surface area (Å²) in [5.41, 5.74) is 7.67. The summed E-state index contributed by atoms with van der Waals surface area (Å²) in [5, 5.41) is 15.9. The third-order valence-electron chi connectivity index (χ3n) is 5.49. The molecule has 4 heterocycles. The fraction of sp³-hybridized carbons (Fsp3) is 0.286. The molecule has 1 saturated heterocycles. The van der Waals surface area contributed by atoms with E-state index < -0.39 is 5.82 Å². The topological polar surface area (TPSA) is 113 Å². The molecule has 30 heavy (non-hydrogen) atoms. The molecule has 152 valence electrons. The molecule has 0 bridgehead atoms. The van der Waals surface area contributed by atoms with Gasteiger partial charge in [0, 0.05) is 35.5 Å². The van der Waals surface area contributed by atoms with Crippen LogP contribution in [0.25, 0.3) is 20.7 Å². The zero-order chi connectivity index (χ0) is 20.8. The number of benzene rings is 1. The summed E-state index contributed by atoms with van der Waals surface area (Å²) in [6.07, 6.45) is 0.645. The van der Waals surface area contributed by atoms with Gasteiger partial charge in [0.05, 0.1) is 34.4 Å². The minimum absolute atomic E-state index is 0.0952. The number of fused-ring (bicyclic) bond motifs is 2. The number of pyridine rings is 1. The van der Waals surface area contributed by atoms with Crippen molar-refractivity contribution < 1.29 is 13.9 Å². The van der Waals surface area contributed by atoms with E-state index in [4.69, 9.17) is 15.7 Å². The molecule has 0 aliphatic carbocycles. The van der Waals surface area contributed by atoms with Gasteiger partial charge in [0.25, 0.3) is 5.91 Å². The van der Waals surface area contributed by atoms with Gasteiger partial charge in [0.2, 0.25) is 0 Å². The molecule has 0 unspecified atom stereocenters. The number of aromatic nitrogens is 1. The van der Waals surface area contributed by atoms with E-state index in [9.17, 15) is 4.79 Å². The Morgan fingerprint density at radius 1 is 1.40 bits per heavy atom. The Morgan fingerprint density at radius 2 is 2.27 bits per heavy atom. The molecule has 5 rings (SSSR count). The Bertz CT molecular complexity index is 1220. The molecule has 1 aromatic carbocycles. The van der Waals surface area contributed by atoms with E-state index in [0.29, 0.717) is 36.5 Å². The fourth-order valence-corrected chi connectivity index (χ4v) is 4.94. The number of carbonyl (C=O) groups excluding carboxylic acids is 1. The molecule has 4 N–H and O–H groups in total. The van der Waals surface area contributed by atoms with Crippen molar-refractivity contribution in [3.05, 3.63) is 46.8 Å². The second kappa shape index (κ2) is 7.32. The average Bonchev–Trinajstić information content (AvgIpc) is 3.35. The van der Waals surface area contributed by atoms with Crippen LogP contribution in [-0.4, -0.2) is 36.2 Å². The quantitative estimate of drug-likeness (QED) is 0.597. The number of nitrogens with one attached hydrogen (secondary N) is 2. The first kappa shape index (κ1) is 18.9. The number of nitrogens with two attached hydrogens (primary N) is 1. The number of rotatable bonds is 3. The highest BCUT2D eigenvalue weighted by Crippen LogP contribution is 2.39. The van der Waals surface area contributed by atoms with Gasteiger partial charge in [-0.15, -0.1) is 11.3 Å². The lowest BCUT2D eigenvalue weighted by molar-refractivity contribution is 0.0751. The van der Waals surface area contributed by atoms with E-state index >= 15 is 4.39 Å². The minimum atomic E-state index is -0.529. The summed E-state index contributed by atoms with van der Waals surface area (Å²) >= 11 is 1.45. The maximum absolute atomic E-state index is 15.2. The summed E-state index contributed by atoms with van der Waals surface area (Å²) < 4.78 is 21.5. The van der Waals surface area contributed by atoms with Gasteiger partial charge in [-0.1, -0.05) is 0 Å². The monoisotopic (exact) mass is 423 g/mol. The molecule has 2 atom stereocenters. The molecular weight excluding hydrogens is 405 g/mol. The average molecular weight is 423 g/mol. The highest BCUT2D eigenvalue weighted by atomic mass is 32.1. The summed E-state index contributed by atoms with van der Waals surface area (Å²) in [7, 11) is 0. The number of halogens is 1. The van der Waals surface area contributed by atoms with Crippen LogP contribution in [0, 0.1) is 17.1 Å². The van der Waals surface area contributed by atoms with Crippen LogP contribution in [0.4, 0.5) is 10.2 Å². The first-order valence-corrected chi connectivity index (χ1v) is 10.4. The van der Waals surface area contributed by atoms with Crippen molar-refractivity contribution in [2.45, 2.75) is 25.0 Å². The predicted molar refractivity (Wildman–Crippen MR) is 112 cm³/mol. The molecule has 0 radical (unpaired) electrons. The molecule has 9 heteroatoms. The number of carbonyl (C=O) groups is 1. The van der Waals surface area contributed by atoms with Crippen LogP contribution in [-0.2, 0) is 11.3 Å². The highest BCUT2D eigenvalue weighted by molar-refractivity contribution is 7.22. The molecule has 2 aromatic heterocycles. The Balaban J connectivity index is 1.63. The molecule has 2 aliphatic rings. The zero-order valence-corrected chi connectivity index (χ0v) is 16.7. The fourth-order valence-electron chi connectivity index (χ4n) is 3.90. The summed E-state index contributed by atoms with van der Waals surface area (Å²) in [6, 6.07) is 8.98. The second-order valence-electron chi connectivity index (χ2n) is 7.41. The summed E-state index contributed by atoms with van der Waals surface area (Å²) in [4.78, 5) is 17.7. The third kappa shape index (κ3) is 3.10. The lowest BCUT2D eigenvalue weighted by atomic mass is 10.0. The van der Waals surface area contributed by atoms with Gasteiger partial charge in [0.1, 0.15) is 0 Å². The van der Waals surface area contributed by atoms with Gasteiger partial charge >= 0.3 is 0 Å². The molecule has 0 spiro atoms. The van der Waals surface area contributed by atoms with Gasteiger partial charge in [-0.2, -0.15) is 5.26 Å². The van der Waals surface area contributed by atoms with Gasteiger partial charge < -0.3 is 21.1 Å². The molecular formula is C21H18FN5O2S. The zero-order valence-electron chi connectivity index (χ0n) is 15.9. The van der Waals surface area contributed by atoms with Crippen molar-refractivity contribution >= 4 is 33.1 Å². The van der Waals surface area contributed by atoms with Crippen LogP contribution >= 0.6 is 11.3 Å². The van der Waals surface area contributed by atoms with E-state index in [1.165, 1.54) is 11.3 Å². The first-order chi connectivity index (χ1) is 14.5. The number of hydrogen-bond donors (Lipinski definition) is 3. The van der Waals surface area contributed by atoms with E-state index in [-0.39, 0.29) is 35.9 Å². The number of anilines is 1. The number of hydrogen-bond acceptors (Lipinski definition) is 7. The molecule has 1 amide bonds. The summed E-state index contributed by atoms with van der Waals surface area (Å²) in [6.45, 7) is 1.06. The Morgan fingerprint density at radius 3 is 3.07 bits per heavy atom. The molecule has 1 fully saturated rings. The van der Waals surface area contributed by atoms with Gasteiger partial charge in [-0.3, -0.25) is 4.79 Å². The Hall–Kier alpha value is -3.06. The van der Waals surface area contributed by atoms with Crippen LogP contribution in [0.1, 0.15) is 27.9 Å².